The maximum absolute atomic E-state index is 13.7. The van der Waals surface area contributed by atoms with Crippen LogP contribution in [0.2, 0.25) is 5.02 Å². The van der Waals surface area contributed by atoms with Crippen molar-refractivity contribution in [3.05, 3.63) is 52.5 Å². The fourth-order valence-electron chi connectivity index (χ4n) is 2.88. The van der Waals surface area contributed by atoms with Crippen LogP contribution in [-0.2, 0) is 15.1 Å². The van der Waals surface area contributed by atoms with E-state index in [0.717, 1.165) is 23.5 Å². The standard InChI is InChI=1S/C20H17ClF3N3O4S/c1-3-31-16(28)19(30,20(22,23)24)11-8-10(2)15-14(9-11)32-18(26-15)27-17(29)25-13-6-4-12(21)5-7-13/h4-9,30H,3H2,1-2H3,(H2,25,26,27,29). The van der Waals surface area contributed by atoms with Gasteiger partial charge in [0.15, 0.2) is 5.13 Å². The van der Waals surface area contributed by atoms with Crippen LogP contribution in [0.3, 0.4) is 0 Å². The van der Waals surface area contributed by atoms with Gasteiger partial charge in [-0.05, 0) is 55.8 Å². The van der Waals surface area contributed by atoms with Crippen molar-refractivity contribution < 1.29 is 32.6 Å². The Morgan fingerprint density at radius 1 is 1.19 bits per heavy atom. The summed E-state index contributed by atoms with van der Waals surface area (Å²) in [5.41, 5.74) is -3.49. The van der Waals surface area contributed by atoms with Gasteiger partial charge in [0.25, 0.3) is 5.60 Å². The number of aryl methyl sites for hydroxylation is 1. The van der Waals surface area contributed by atoms with Gasteiger partial charge in [0.2, 0.25) is 0 Å². The first-order valence-corrected chi connectivity index (χ1v) is 10.4. The lowest BCUT2D eigenvalue weighted by Gasteiger charge is -2.28. The number of nitrogens with zero attached hydrogens (tertiary/aromatic N) is 1. The number of fused-ring (bicyclic) bond motifs is 1. The summed E-state index contributed by atoms with van der Waals surface area (Å²) in [6, 6.07) is 7.75. The van der Waals surface area contributed by atoms with E-state index >= 15 is 0 Å². The molecule has 0 aliphatic heterocycles. The molecule has 0 aliphatic carbocycles. The van der Waals surface area contributed by atoms with Crippen molar-refractivity contribution in [3.63, 3.8) is 0 Å². The molecule has 1 aromatic heterocycles. The number of benzene rings is 2. The highest BCUT2D eigenvalue weighted by Gasteiger charge is 2.62. The van der Waals surface area contributed by atoms with Gasteiger partial charge >= 0.3 is 18.2 Å². The van der Waals surface area contributed by atoms with E-state index in [1.165, 1.54) is 13.8 Å². The number of thiazole rings is 1. The molecule has 1 heterocycles. The highest BCUT2D eigenvalue weighted by Crippen LogP contribution is 2.42. The van der Waals surface area contributed by atoms with Crippen LogP contribution in [0.15, 0.2) is 36.4 Å². The lowest BCUT2D eigenvalue weighted by Crippen LogP contribution is -2.50. The highest BCUT2D eigenvalue weighted by atomic mass is 35.5. The first kappa shape index (κ1) is 23.8. The summed E-state index contributed by atoms with van der Waals surface area (Å²) in [5, 5.41) is 16.0. The molecule has 3 N–H and O–H groups in total. The SMILES string of the molecule is CCOC(=O)C(O)(c1cc(C)c2nc(NC(=O)Nc3ccc(Cl)cc3)sc2c1)C(F)(F)F. The minimum Gasteiger partial charge on any atom is -0.463 e. The van der Waals surface area contributed by atoms with Crippen molar-refractivity contribution >= 4 is 56.0 Å². The lowest BCUT2D eigenvalue weighted by molar-refractivity contribution is -0.267. The predicted octanol–water partition coefficient (Wildman–Crippen LogP) is 5.22. The average molecular weight is 488 g/mol. The topological polar surface area (TPSA) is 101 Å². The molecule has 2 aromatic carbocycles. The van der Waals surface area contributed by atoms with Gasteiger partial charge in [-0.25, -0.2) is 14.6 Å². The zero-order chi connectivity index (χ0) is 23.7. The summed E-state index contributed by atoms with van der Waals surface area (Å²) in [5.74, 6) is -1.82. The molecule has 170 valence electrons. The predicted molar refractivity (Wildman–Crippen MR) is 115 cm³/mol. The molecular weight excluding hydrogens is 471 g/mol. The van der Waals surface area contributed by atoms with Crippen molar-refractivity contribution in [2.45, 2.75) is 25.6 Å². The van der Waals surface area contributed by atoms with E-state index in [1.807, 2.05) is 0 Å². The second-order valence-corrected chi connectivity index (χ2v) is 8.14. The third-order valence-corrected chi connectivity index (χ3v) is 5.58. The van der Waals surface area contributed by atoms with E-state index in [4.69, 9.17) is 11.6 Å². The van der Waals surface area contributed by atoms with Crippen molar-refractivity contribution in [1.82, 2.24) is 4.98 Å². The number of hydrogen-bond donors (Lipinski definition) is 3. The summed E-state index contributed by atoms with van der Waals surface area (Å²) in [7, 11) is 0. The molecule has 12 heteroatoms. The Hall–Kier alpha value is -2.89. The van der Waals surface area contributed by atoms with Crippen LogP contribution < -0.4 is 10.6 Å². The molecular formula is C20H17ClF3N3O4S. The number of carbonyl (C=O) groups is 2. The van der Waals surface area contributed by atoms with Crippen LogP contribution in [0.25, 0.3) is 10.2 Å². The number of anilines is 2. The molecule has 1 unspecified atom stereocenters. The first-order chi connectivity index (χ1) is 15.0. The zero-order valence-corrected chi connectivity index (χ0v) is 18.3. The normalized spacial score (nSPS) is 13.5. The molecule has 3 aromatic rings. The molecule has 3 rings (SSSR count). The molecule has 7 nitrogen and oxygen atoms in total. The molecule has 0 bridgehead atoms. The number of rotatable bonds is 5. The fraction of sp³-hybridized carbons (Fsp3) is 0.250. The summed E-state index contributed by atoms with van der Waals surface area (Å²) in [6.45, 7) is 2.47. The number of carbonyl (C=O) groups excluding carboxylic acids is 2. The Morgan fingerprint density at radius 2 is 1.84 bits per heavy atom. The second-order valence-electron chi connectivity index (χ2n) is 6.67. The number of hydrogen-bond acceptors (Lipinski definition) is 6. The van der Waals surface area contributed by atoms with E-state index in [0.29, 0.717) is 16.2 Å². The van der Waals surface area contributed by atoms with Gasteiger partial charge in [-0.3, -0.25) is 5.32 Å². The number of halogens is 4. The summed E-state index contributed by atoms with van der Waals surface area (Å²) in [4.78, 5) is 28.5. The van der Waals surface area contributed by atoms with Crippen molar-refractivity contribution in [3.8, 4) is 0 Å². The van der Waals surface area contributed by atoms with Crippen molar-refractivity contribution in [1.29, 1.82) is 0 Å². The van der Waals surface area contributed by atoms with Gasteiger partial charge in [0.05, 0.1) is 16.8 Å². The number of urea groups is 1. The third kappa shape index (κ3) is 4.64. The molecule has 0 radical (unpaired) electrons. The Balaban J connectivity index is 1.92. The molecule has 0 saturated heterocycles. The fourth-order valence-corrected chi connectivity index (χ4v) is 3.99. The largest absolute Gasteiger partial charge is 0.463 e. The quantitative estimate of drug-likeness (QED) is 0.429. The van der Waals surface area contributed by atoms with Crippen LogP contribution in [0, 0.1) is 6.92 Å². The zero-order valence-electron chi connectivity index (χ0n) is 16.7. The van der Waals surface area contributed by atoms with E-state index in [1.54, 1.807) is 24.3 Å². The lowest BCUT2D eigenvalue weighted by atomic mass is 9.91. The van der Waals surface area contributed by atoms with Gasteiger partial charge in [-0.15, -0.1) is 0 Å². The minimum atomic E-state index is -5.32. The summed E-state index contributed by atoms with van der Waals surface area (Å²) < 4.78 is 45.7. The summed E-state index contributed by atoms with van der Waals surface area (Å²) in [6.07, 6.45) is -5.32. The molecule has 0 fully saturated rings. The Bertz CT molecular complexity index is 1170. The smallest absolute Gasteiger partial charge is 0.432 e. The van der Waals surface area contributed by atoms with Crippen molar-refractivity contribution in [2.75, 3.05) is 17.2 Å². The number of aliphatic hydroxyl groups is 1. The number of nitrogens with one attached hydrogen (secondary N) is 2. The van der Waals surface area contributed by atoms with Gasteiger partial charge in [0.1, 0.15) is 0 Å². The van der Waals surface area contributed by atoms with Crippen molar-refractivity contribution in [2.24, 2.45) is 0 Å². The monoisotopic (exact) mass is 487 g/mol. The maximum atomic E-state index is 13.7. The molecule has 32 heavy (non-hydrogen) atoms. The van der Waals surface area contributed by atoms with Crippen LogP contribution in [0.1, 0.15) is 18.1 Å². The van der Waals surface area contributed by atoms with Crippen LogP contribution in [0.4, 0.5) is 28.8 Å². The van der Waals surface area contributed by atoms with Crippen LogP contribution in [0.5, 0.6) is 0 Å². The van der Waals surface area contributed by atoms with Gasteiger partial charge in [0, 0.05) is 16.3 Å². The maximum Gasteiger partial charge on any atom is 0.432 e. The van der Waals surface area contributed by atoms with Gasteiger partial charge < -0.3 is 15.2 Å². The highest BCUT2D eigenvalue weighted by molar-refractivity contribution is 7.22. The summed E-state index contributed by atoms with van der Waals surface area (Å²) >= 11 is 6.68. The molecule has 0 spiro atoms. The Labute approximate surface area is 189 Å². The number of esters is 1. The van der Waals surface area contributed by atoms with E-state index < -0.39 is 29.3 Å². The number of aromatic nitrogens is 1. The Morgan fingerprint density at radius 3 is 2.44 bits per heavy atom. The number of alkyl halides is 3. The van der Waals surface area contributed by atoms with Crippen LogP contribution in [-0.4, -0.2) is 34.9 Å². The first-order valence-electron chi connectivity index (χ1n) is 9.17. The second kappa shape index (κ2) is 8.93. The molecule has 2 amide bonds. The third-order valence-electron chi connectivity index (χ3n) is 4.41. The average Bonchev–Trinajstić information content (AvgIpc) is 3.11. The van der Waals surface area contributed by atoms with Gasteiger partial charge in [-0.2, -0.15) is 13.2 Å². The Kier molecular flexibility index (Phi) is 6.63. The minimum absolute atomic E-state index is 0.110. The van der Waals surface area contributed by atoms with Crippen LogP contribution >= 0.6 is 22.9 Å². The van der Waals surface area contributed by atoms with E-state index in [9.17, 15) is 27.9 Å². The van der Waals surface area contributed by atoms with Gasteiger partial charge in [-0.1, -0.05) is 22.9 Å². The number of amides is 2. The molecule has 0 aliphatic rings. The molecule has 1 atom stereocenters. The number of ether oxygens (including phenoxy) is 1. The molecule has 0 saturated carbocycles. The van der Waals surface area contributed by atoms with E-state index in [2.05, 4.69) is 20.4 Å². The van der Waals surface area contributed by atoms with E-state index in [-0.39, 0.29) is 22.0 Å².